The van der Waals surface area contributed by atoms with Gasteiger partial charge in [0.25, 0.3) is 0 Å². The highest BCUT2D eigenvalue weighted by Crippen LogP contribution is 2.49. The first-order chi connectivity index (χ1) is 8.26. The highest BCUT2D eigenvalue weighted by Gasteiger charge is 2.46. The molecule has 0 amide bonds. The molecule has 2 heterocycles. The van der Waals surface area contributed by atoms with E-state index >= 15 is 0 Å². The minimum absolute atomic E-state index is 0.0680. The molecule has 0 spiro atoms. The molecule has 0 radical (unpaired) electrons. The molecular weight excluding hydrogens is 216 g/mol. The molecule has 3 nitrogen and oxygen atoms in total. The van der Waals surface area contributed by atoms with Crippen LogP contribution in [0.2, 0.25) is 0 Å². The maximum Gasteiger partial charge on any atom is 0.157 e. The summed E-state index contributed by atoms with van der Waals surface area (Å²) in [7, 11) is 0. The second kappa shape index (κ2) is 4.87. The molecule has 3 rings (SSSR count). The van der Waals surface area contributed by atoms with Gasteiger partial charge in [0.05, 0.1) is 6.10 Å². The van der Waals surface area contributed by atoms with Gasteiger partial charge in [0.1, 0.15) is 0 Å². The summed E-state index contributed by atoms with van der Waals surface area (Å²) < 4.78 is 17.4. The number of hydrogen-bond donors (Lipinski definition) is 0. The van der Waals surface area contributed by atoms with Crippen molar-refractivity contribution in [1.29, 1.82) is 0 Å². The number of hydrogen-bond acceptors (Lipinski definition) is 3. The van der Waals surface area contributed by atoms with Crippen LogP contribution in [0.15, 0.2) is 0 Å². The summed E-state index contributed by atoms with van der Waals surface area (Å²) in [5, 5.41) is 0. The Bertz CT molecular complexity index is 262. The van der Waals surface area contributed by atoms with E-state index in [1.165, 1.54) is 25.7 Å². The van der Waals surface area contributed by atoms with Gasteiger partial charge in [-0.15, -0.1) is 0 Å². The Hall–Kier alpha value is -0.120. The molecule has 0 N–H and O–H groups in total. The van der Waals surface area contributed by atoms with Crippen LogP contribution in [-0.4, -0.2) is 32.2 Å². The molecule has 2 aliphatic heterocycles. The molecular formula is C14H24O3. The van der Waals surface area contributed by atoms with Crippen molar-refractivity contribution in [3.05, 3.63) is 0 Å². The van der Waals surface area contributed by atoms with Crippen LogP contribution < -0.4 is 0 Å². The number of fused-ring (bicyclic) bond motifs is 1. The van der Waals surface area contributed by atoms with Crippen molar-refractivity contribution in [2.45, 2.75) is 57.8 Å². The third kappa shape index (κ3) is 2.51. The Morgan fingerprint density at radius 2 is 2.18 bits per heavy atom. The predicted octanol–water partition coefficient (Wildman–Crippen LogP) is 2.73. The molecule has 4 atom stereocenters. The van der Waals surface area contributed by atoms with Crippen LogP contribution in [0.25, 0.3) is 0 Å². The topological polar surface area (TPSA) is 27.7 Å². The Morgan fingerprint density at radius 1 is 1.24 bits per heavy atom. The zero-order valence-electron chi connectivity index (χ0n) is 10.8. The summed E-state index contributed by atoms with van der Waals surface area (Å²) in [5.74, 6) is 0.699. The Morgan fingerprint density at radius 3 is 2.94 bits per heavy atom. The molecule has 17 heavy (non-hydrogen) atoms. The van der Waals surface area contributed by atoms with Crippen molar-refractivity contribution in [3.63, 3.8) is 0 Å². The van der Waals surface area contributed by atoms with Crippen molar-refractivity contribution < 1.29 is 14.2 Å². The van der Waals surface area contributed by atoms with Crippen LogP contribution in [0.1, 0.15) is 45.4 Å². The van der Waals surface area contributed by atoms with E-state index in [0.29, 0.717) is 17.4 Å². The molecule has 98 valence electrons. The third-order valence-corrected chi connectivity index (χ3v) is 4.85. The predicted molar refractivity (Wildman–Crippen MR) is 64.7 cm³/mol. The SMILES string of the molecule is CC12CCOCC1CC(OC1CCCCO1)C2. The molecule has 0 aromatic carbocycles. The van der Waals surface area contributed by atoms with Gasteiger partial charge in [0, 0.05) is 19.8 Å². The summed E-state index contributed by atoms with van der Waals surface area (Å²) in [6.45, 7) is 5.15. The van der Waals surface area contributed by atoms with E-state index < -0.39 is 0 Å². The minimum atomic E-state index is 0.0680. The first-order valence-electron chi connectivity index (χ1n) is 7.11. The molecule has 3 aliphatic rings. The molecule has 0 aromatic heterocycles. The van der Waals surface area contributed by atoms with Gasteiger partial charge < -0.3 is 14.2 Å². The molecule has 2 saturated heterocycles. The summed E-state index contributed by atoms with van der Waals surface area (Å²) in [4.78, 5) is 0. The Balaban J connectivity index is 1.55. The zero-order chi connectivity index (χ0) is 11.7. The van der Waals surface area contributed by atoms with E-state index in [4.69, 9.17) is 14.2 Å². The smallest absolute Gasteiger partial charge is 0.157 e. The molecule has 1 saturated carbocycles. The first-order valence-corrected chi connectivity index (χ1v) is 7.11. The van der Waals surface area contributed by atoms with Crippen molar-refractivity contribution >= 4 is 0 Å². The largest absolute Gasteiger partial charge is 0.381 e. The highest BCUT2D eigenvalue weighted by atomic mass is 16.7. The van der Waals surface area contributed by atoms with E-state index in [9.17, 15) is 0 Å². The van der Waals surface area contributed by atoms with E-state index in [0.717, 1.165) is 32.7 Å². The van der Waals surface area contributed by atoms with Crippen LogP contribution >= 0.6 is 0 Å². The lowest BCUT2D eigenvalue weighted by Gasteiger charge is -2.35. The summed E-state index contributed by atoms with van der Waals surface area (Å²) >= 11 is 0. The molecule has 0 bridgehead atoms. The zero-order valence-corrected chi connectivity index (χ0v) is 10.8. The Labute approximate surface area is 104 Å². The quantitative estimate of drug-likeness (QED) is 0.743. The standard InChI is InChI=1S/C14H24O3/c1-14-5-7-15-10-11(14)8-12(9-14)17-13-4-2-3-6-16-13/h11-13H,2-10H2,1H3. The lowest BCUT2D eigenvalue weighted by atomic mass is 9.76. The normalized spacial score (nSPS) is 46.8. The van der Waals surface area contributed by atoms with Crippen molar-refractivity contribution in [2.24, 2.45) is 11.3 Å². The summed E-state index contributed by atoms with van der Waals surface area (Å²) in [5.41, 5.74) is 0.456. The molecule has 3 heteroatoms. The van der Waals surface area contributed by atoms with Gasteiger partial charge in [-0.3, -0.25) is 0 Å². The third-order valence-electron chi connectivity index (χ3n) is 4.85. The van der Waals surface area contributed by atoms with Crippen LogP contribution in [0.4, 0.5) is 0 Å². The average Bonchev–Trinajstić information content (AvgIpc) is 2.66. The number of ether oxygens (including phenoxy) is 3. The fourth-order valence-corrected chi connectivity index (χ4v) is 3.62. The van der Waals surface area contributed by atoms with Crippen molar-refractivity contribution in [2.75, 3.05) is 19.8 Å². The van der Waals surface area contributed by atoms with Gasteiger partial charge in [0.15, 0.2) is 6.29 Å². The van der Waals surface area contributed by atoms with Gasteiger partial charge >= 0.3 is 0 Å². The van der Waals surface area contributed by atoms with Gasteiger partial charge in [-0.1, -0.05) is 6.92 Å². The van der Waals surface area contributed by atoms with Gasteiger partial charge in [-0.25, -0.2) is 0 Å². The van der Waals surface area contributed by atoms with Crippen molar-refractivity contribution in [1.82, 2.24) is 0 Å². The van der Waals surface area contributed by atoms with E-state index in [-0.39, 0.29) is 6.29 Å². The summed E-state index contributed by atoms with van der Waals surface area (Å²) in [6, 6.07) is 0. The maximum absolute atomic E-state index is 6.13. The summed E-state index contributed by atoms with van der Waals surface area (Å²) in [6.07, 6.45) is 7.54. The minimum Gasteiger partial charge on any atom is -0.381 e. The average molecular weight is 240 g/mol. The molecule has 4 unspecified atom stereocenters. The molecule has 0 aromatic rings. The van der Waals surface area contributed by atoms with Gasteiger partial charge in [-0.2, -0.15) is 0 Å². The Kier molecular flexibility index (Phi) is 3.42. The van der Waals surface area contributed by atoms with Crippen LogP contribution in [0, 0.1) is 11.3 Å². The maximum atomic E-state index is 6.13. The van der Waals surface area contributed by atoms with Crippen molar-refractivity contribution in [3.8, 4) is 0 Å². The van der Waals surface area contributed by atoms with Gasteiger partial charge in [0.2, 0.25) is 0 Å². The first kappa shape index (κ1) is 11.9. The fourth-order valence-electron chi connectivity index (χ4n) is 3.62. The van der Waals surface area contributed by atoms with Crippen LogP contribution in [-0.2, 0) is 14.2 Å². The van der Waals surface area contributed by atoms with E-state index in [2.05, 4.69) is 6.92 Å². The van der Waals surface area contributed by atoms with E-state index in [1.54, 1.807) is 0 Å². The monoisotopic (exact) mass is 240 g/mol. The van der Waals surface area contributed by atoms with E-state index in [1.807, 2.05) is 0 Å². The lowest BCUT2D eigenvalue weighted by molar-refractivity contribution is -0.187. The highest BCUT2D eigenvalue weighted by molar-refractivity contribution is 4.95. The van der Waals surface area contributed by atoms with Crippen LogP contribution in [0.5, 0.6) is 0 Å². The fraction of sp³-hybridized carbons (Fsp3) is 1.00. The second-order valence-electron chi connectivity index (χ2n) is 6.17. The number of rotatable bonds is 2. The second-order valence-corrected chi connectivity index (χ2v) is 6.17. The van der Waals surface area contributed by atoms with Crippen LogP contribution in [0.3, 0.4) is 0 Å². The van der Waals surface area contributed by atoms with Gasteiger partial charge in [-0.05, 0) is 49.9 Å². The lowest BCUT2D eigenvalue weighted by Crippen LogP contribution is -2.32. The molecule has 1 aliphatic carbocycles. The molecule has 3 fully saturated rings.